The summed E-state index contributed by atoms with van der Waals surface area (Å²) in [7, 11) is 0. The summed E-state index contributed by atoms with van der Waals surface area (Å²) in [6, 6.07) is 6.92. The smallest absolute Gasteiger partial charge is 0.260 e. The van der Waals surface area contributed by atoms with Gasteiger partial charge in [0, 0.05) is 37.6 Å². The lowest BCUT2D eigenvalue weighted by Crippen LogP contribution is -2.52. The summed E-state index contributed by atoms with van der Waals surface area (Å²) in [5, 5.41) is 0.629. The quantitative estimate of drug-likeness (QED) is 0.837. The molecule has 0 bridgehead atoms. The lowest BCUT2D eigenvalue weighted by Gasteiger charge is -2.36. The number of halogens is 1. The molecule has 0 aromatic heterocycles. The van der Waals surface area contributed by atoms with Crippen molar-refractivity contribution in [2.45, 2.75) is 27.2 Å². The average molecular weight is 353 g/mol. The lowest BCUT2D eigenvalue weighted by atomic mass is 9.91. The van der Waals surface area contributed by atoms with Gasteiger partial charge in [-0.25, -0.2) is 0 Å². The van der Waals surface area contributed by atoms with Crippen molar-refractivity contribution < 1.29 is 14.3 Å². The van der Waals surface area contributed by atoms with Crippen LogP contribution in [0.25, 0.3) is 0 Å². The van der Waals surface area contributed by atoms with Crippen molar-refractivity contribution >= 4 is 23.4 Å². The van der Waals surface area contributed by atoms with E-state index in [1.54, 1.807) is 29.2 Å². The third-order valence-electron chi connectivity index (χ3n) is 3.84. The van der Waals surface area contributed by atoms with Crippen molar-refractivity contribution in [1.29, 1.82) is 0 Å². The Morgan fingerprint density at radius 1 is 1.00 bits per heavy atom. The van der Waals surface area contributed by atoms with E-state index in [4.69, 9.17) is 16.3 Å². The van der Waals surface area contributed by atoms with E-state index in [1.807, 2.05) is 4.90 Å². The number of carbonyl (C=O) groups excluding carboxylic acids is 2. The predicted octanol–water partition coefficient (Wildman–Crippen LogP) is 2.83. The molecule has 0 aliphatic carbocycles. The Kier molecular flexibility index (Phi) is 6.10. The summed E-state index contributed by atoms with van der Waals surface area (Å²) in [5.41, 5.74) is -0.0174. The van der Waals surface area contributed by atoms with Gasteiger partial charge in [0.05, 0.1) is 0 Å². The van der Waals surface area contributed by atoms with Gasteiger partial charge in [0.15, 0.2) is 6.61 Å². The molecule has 1 aliphatic rings. The van der Waals surface area contributed by atoms with Gasteiger partial charge in [-0.2, -0.15) is 0 Å². The number of carbonyl (C=O) groups is 2. The minimum absolute atomic E-state index is 0.00241. The Morgan fingerprint density at radius 3 is 2.00 bits per heavy atom. The molecular formula is C18H25ClN2O3. The fraction of sp³-hybridized carbons (Fsp3) is 0.556. The first-order valence-electron chi connectivity index (χ1n) is 8.18. The maximum absolute atomic E-state index is 12.2. The molecule has 1 saturated heterocycles. The number of rotatable bonds is 4. The standard InChI is InChI=1S/C18H25ClN2O3/c1-18(2,3)12-16(22)20-8-10-21(11-9-20)17(23)13-24-15-6-4-14(19)5-7-15/h4-7H,8-13H2,1-3H3. The van der Waals surface area contributed by atoms with Gasteiger partial charge in [-0.3, -0.25) is 9.59 Å². The zero-order chi connectivity index (χ0) is 17.7. The second kappa shape index (κ2) is 7.88. The van der Waals surface area contributed by atoms with Gasteiger partial charge in [0.1, 0.15) is 5.75 Å². The molecule has 5 nitrogen and oxygen atoms in total. The number of hydrogen-bond donors (Lipinski definition) is 0. The highest BCUT2D eigenvalue weighted by atomic mass is 35.5. The molecule has 1 aromatic rings. The van der Waals surface area contributed by atoms with Gasteiger partial charge in [0.25, 0.3) is 5.91 Å². The normalized spacial score (nSPS) is 15.3. The van der Waals surface area contributed by atoms with Crippen LogP contribution in [0, 0.1) is 5.41 Å². The van der Waals surface area contributed by atoms with Crippen LogP contribution in [-0.4, -0.2) is 54.4 Å². The number of benzene rings is 1. The molecule has 0 radical (unpaired) electrons. The summed E-state index contributed by atoms with van der Waals surface area (Å²) in [6.45, 7) is 8.44. The van der Waals surface area contributed by atoms with Gasteiger partial charge >= 0.3 is 0 Å². The first-order chi connectivity index (χ1) is 11.2. The van der Waals surface area contributed by atoms with Crippen molar-refractivity contribution in [2.75, 3.05) is 32.8 Å². The first kappa shape index (κ1) is 18.6. The van der Waals surface area contributed by atoms with E-state index in [0.717, 1.165) is 0 Å². The molecule has 1 fully saturated rings. The van der Waals surface area contributed by atoms with E-state index in [1.165, 1.54) is 0 Å². The molecule has 0 unspecified atom stereocenters. The first-order valence-corrected chi connectivity index (χ1v) is 8.56. The summed E-state index contributed by atoms with van der Waals surface area (Å²) in [4.78, 5) is 28.0. The third kappa shape index (κ3) is 5.71. The third-order valence-corrected chi connectivity index (χ3v) is 4.09. The second-order valence-electron chi connectivity index (χ2n) is 7.24. The van der Waals surface area contributed by atoms with Crippen LogP contribution in [-0.2, 0) is 9.59 Å². The van der Waals surface area contributed by atoms with Crippen LogP contribution in [0.15, 0.2) is 24.3 Å². The summed E-state index contributed by atoms with van der Waals surface area (Å²) >= 11 is 5.81. The minimum atomic E-state index is -0.0622. The van der Waals surface area contributed by atoms with Gasteiger partial charge < -0.3 is 14.5 Å². The molecule has 2 rings (SSSR count). The van der Waals surface area contributed by atoms with Crippen molar-refractivity contribution in [3.8, 4) is 5.75 Å². The van der Waals surface area contributed by atoms with Crippen molar-refractivity contribution in [2.24, 2.45) is 5.41 Å². The maximum Gasteiger partial charge on any atom is 0.260 e. The highest BCUT2D eigenvalue weighted by Gasteiger charge is 2.26. The van der Waals surface area contributed by atoms with Gasteiger partial charge in [0.2, 0.25) is 5.91 Å². The summed E-state index contributed by atoms with van der Waals surface area (Å²) in [6.07, 6.45) is 0.528. The largest absolute Gasteiger partial charge is 0.484 e. The average Bonchev–Trinajstić information content (AvgIpc) is 2.52. The Morgan fingerprint density at radius 2 is 1.50 bits per heavy atom. The number of ether oxygens (including phenoxy) is 1. The van der Waals surface area contributed by atoms with E-state index in [-0.39, 0.29) is 23.8 Å². The second-order valence-corrected chi connectivity index (χ2v) is 7.68. The van der Waals surface area contributed by atoms with E-state index >= 15 is 0 Å². The molecule has 132 valence electrons. The Balaban J connectivity index is 1.76. The Labute approximate surface area is 148 Å². The highest BCUT2D eigenvalue weighted by Crippen LogP contribution is 2.20. The molecule has 2 amide bonds. The molecule has 6 heteroatoms. The van der Waals surface area contributed by atoms with Crippen LogP contribution < -0.4 is 4.74 Å². The monoisotopic (exact) mass is 352 g/mol. The molecule has 24 heavy (non-hydrogen) atoms. The van der Waals surface area contributed by atoms with Crippen LogP contribution in [0.5, 0.6) is 5.75 Å². The van der Waals surface area contributed by atoms with Crippen LogP contribution >= 0.6 is 11.6 Å². The SMILES string of the molecule is CC(C)(C)CC(=O)N1CCN(C(=O)COc2ccc(Cl)cc2)CC1. The zero-order valence-corrected chi connectivity index (χ0v) is 15.3. The zero-order valence-electron chi connectivity index (χ0n) is 14.5. The van der Waals surface area contributed by atoms with E-state index < -0.39 is 0 Å². The van der Waals surface area contributed by atoms with E-state index in [2.05, 4.69) is 20.8 Å². The topological polar surface area (TPSA) is 49.9 Å². The van der Waals surface area contributed by atoms with Gasteiger partial charge in [-0.05, 0) is 29.7 Å². The number of amides is 2. The van der Waals surface area contributed by atoms with E-state index in [9.17, 15) is 9.59 Å². The molecule has 1 aliphatic heterocycles. The molecular weight excluding hydrogens is 328 g/mol. The van der Waals surface area contributed by atoms with Crippen LogP contribution in [0.4, 0.5) is 0 Å². The highest BCUT2D eigenvalue weighted by molar-refractivity contribution is 6.30. The summed E-state index contributed by atoms with van der Waals surface area (Å²) in [5.74, 6) is 0.714. The molecule has 0 saturated carbocycles. The molecule has 1 aromatic carbocycles. The number of hydrogen-bond acceptors (Lipinski definition) is 3. The number of nitrogens with zero attached hydrogens (tertiary/aromatic N) is 2. The lowest BCUT2D eigenvalue weighted by molar-refractivity contribution is -0.141. The number of piperazine rings is 1. The van der Waals surface area contributed by atoms with Crippen LogP contribution in [0.2, 0.25) is 5.02 Å². The van der Waals surface area contributed by atoms with E-state index in [0.29, 0.717) is 43.4 Å². The molecule has 0 N–H and O–H groups in total. The molecule has 1 heterocycles. The molecule has 0 atom stereocenters. The Hall–Kier alpha value is -1.75. The fourth-order valence-corrected chi connectivity index (χ4v) is 2.66. The van der Waals surface area contributed by atoms with Crippen molar-refractivity contribution in [1.82, 2.24) is 9.80 Å². The summed E-state index contributed by atoms with van der Waals surface area (Å²) < 4.78 is 5.49. The molecule has 0 spiro atoms. The van der Waals surface area contributed by atoms with Gasteiger partial charge in [-0.1, -0.05) is 32.4 Å². The van der Waals surface area contributed by atoms with Crippen molar-refractivity contribution in [3.05, 3.63) is 29.3 Å². The minimum Gasteiger partial charge on any atom is -0.484 e. The van der Waals surface area contributed by atoms with Crippen molar-refractivity contribution in [3.63, 3.8) is 0 Å². The fourth-order valence-electron chi connectivity index (χ4n) is 2.54. The van der Waals surface area contributed by atoms with Crippen LogP contribution in [0.1, 0.15) is 27.2 Å². The Bertz CT molecular complexity index is 573. The maximum atomic E-state index is 12.2. The predicted molar refractivity (Wildman–Crippen MR) is 94.2 cm³/mol. The van der Waals surface area contributed by atoms with Gasteiger partial charge in [-0.15, -0.1) is 0 Å². The van der Waals surface area contributed by atoms with Crippen LogP contribution in [0.3, 0.4) is 0 Å².